The van der Waals surface area contributed by atoms with Crippen molar-refractivity contribution in [2.24, 2.45) is 0 Å². The molecular formula is C18H6OP+. The lowest BCUT2D eigenvalue weighted by molar-refractivity contribution is 0.597. The second-order valence-electron chi connectivity index (χ2n) is 2.61. The van der Waals surface area contributed by atoms with E-state index in [1.807, 2.05) is 0 Å². The van der Waals surface area contributed by atoms with Crippen LogP contribution in [0.25, 0.3) is 0 Å². The quantitative estimate of drug-likeness (QED) is 0.480. The largest absolute Gasteiger partial charge is 0.426 e. The van der Waals surface area contributed by atoms with Gasteiger partial charge in [-0.1, -0.05) is 10.5 Å². The average Bonchev–Trinajstić information content (AvgIpc) is 2.43. The molecule has 0 heterocycles. The maximum atomic E-state index is 10.6. The molecule has 0 rings (SSSR count). The molecule has 0 aliphatic carbocycles. The zero-order chi connectivity index (χ0) is 14.9. The molecule has 1 unspecified atom stereocenters. The highest BCUT2D eigenvalue weighted by atomic mass is 31.1. The molecule has 0 saturated heterocycles. The Bertz CT molecular complexity index is 874. The summed E-state index contributed by atoms with van der Waals surface area (Å²) in [4.78, 5) is 0. The molecule has 2 heteroatoms. The number of hydrogen-bond acceptors (Lipinski definition) is 1. The van der Waals surface area contributed by atoms with Gasteiger partial charge in [0, 0.05) is 41.4 Å². The lowest BCUT2D eigenvalue weighted by Gasteiger charge is -1.56. The zero-order valence-electron chi connectivity index (χ0n) is 10.9. The van der Waals surface area contributed by atoms with Gasteiger partial charge in [0.1, 0.15) is 6.66 Å². The second-order valence-corrected chi connectivity index (χ2v) is 3.83. The molecule has 20 heavy (non-hydrogen) atoms. The summed E-state index contributed by atoms with van der Waals surface area (Å²) in [6.45, 7) is 3.20. The van der Waals surface area contributed by atoms with Gasteiger partial charge in [0.2, 0.25) is 0 Å². The van der Waals surface area contributed by atoms with E-state index in [0.717, 1.165) is 0 Å². The molecule has 1 nitrogen and oxygen atoms in total. The van der Waals surface area contributed by atoms with Gasteiger partial charge < -0.3 is 0 Å². The van der Waals surface area contributed by atoms with E-state index in [1.54, 1.807) is 6.92 Å². The summed E-state index contributed by atoms with van der Waals surface area (Å²) in [5, 5.41) is 0. The fraction of sp³-hybridized carbons (Fsp3) is 0.111. The van der Waals surface area contributed by atoms with Crippen LogP contribution in [0.15, 0.2) is 0 Å². The van der Waals surface area contributed by atoms with E-state index in [0.29, 0.717) is 0 Å². The van der Waals surface area contributed by atoms with Crippen LogP contribution in [0.2, 0.25) is 0 Å². The van der Waals surface area contributed by atoms with Crippen molar-refractivity contribution < 1.29 is 4.57 Å². The highest BCUT2D eigenvalue weighted by Crippen LogP contribution is 2.07. The zero-order valence-corrected chi connectivity index (χ0v) is 11.7. The first kappa shape index (κ1) is 16.6. The van der Waals surface area contributed by atoms with Gasteiger partial charge in [0.15, 0.2) is 5.66 Å². The van der Waals surface area contributed by atoms with Crippen molar-refractivity contribution >= 4 is 7.80 Å². The van der Waals surface area contributed by atoms with E-state index in [4.69, 9.17) is 0 Å². The third-order valence-corrected chi connectivity index (χ3v) is 1.58. The fourth-order valence-electron chi connectivity index (χ4n) is 0.544. The SMILES string of the molecule is CC#CC#CC#CC#CC#CC#CC#CC#C[P+](C)=O. The summed E-state index contributed by atoms with van der Waals surface area (Å²) >= 11 is 0. The lowest BCUT2D eigenvalue weighted by Crippen LogP contribution is -1.56. The Morgan fingerprint density at radius 2 is 0.850 bits per heavy atom. The van der Waals surface area contributed by atoms with Gasteiger partial charge in [0.25, 0.3) is 0 Å². The summed E-state index contributed by atoms with van der Waals surface area (Å²) in [6.07, 6.45) is 0. The van der Waals surface area contributed by atoms with Crippen molar-refractivity contribution in [2.75, 3.05) is 6.66 Å². The maximum Gasteiger partial charge on any atom is 0.426 e. The Hall–Kier alpha value is -3.42. The van der Waals surface area contributed by atoms with Crippen LogP contribution in [-0.4, -0.2) is 6.66 Å². The Labute approximate surface area is 121 Å². The van der Waals surface area contributed by atoms with Gasteiger partial charge in [0.05, 0.1) is 0 Å². The molecule has 0 aliphatic rings. The molecule has 88 valence electrons. The van der Waals surface area contributed by atoms with Crippen LogP contribution < -0.4 is 0 Å². The molecule has 0 bridgehead atoms. The first-order valence-electron chi connectivity index (χ1n) is 5.10. The Balaban J connectivity index is 4.34. The van der Waals surface area contributed by atoms with Crippen molar-refractivity contribution in [3.63, 3.8) is 0 Å². The molecule has 0 aromatic carbocycles. The van der Waals surface area contributed by atoms with Crippen molar-refractivity contribution in [3.8, 4) is 94.5 Å². The molecule has 1 atom stereocenters. The van der Waals surface area contributed by atoms with Gasteiger partial charge in [-0.25, -0.2) is 0 Å². The highest BCUT2D eigenvalue weighted by molar-refractivity contribution is 7.49. The molecule has 0 aliphatic heterocycles. The summed E-state index contributed by atoms with van der Waals surface area (Å²) in [7, 11) is -1.48. The minimum absolute atomic E-state index is 1.48. The molecule has 0 N–H and O–H groups in total. The van der Waals surface area contributed by atoms with Crippen LogP contribution >= 0.6 is 7.80 Å². The molecule has 0 aromatic heterocycles. The van der Waals surface area contributed by atoms with E-state index in [1.165, 1.54) is 6.66 Å². The van der Waals surface area contributed by atoms with Crippen molar-refractivity contribution in [1.82, 2.24) is 0 Å². The van der Waals surface area contributed by atoms with Crippen LogP contribution in [0, 0.1) is 94.5 Å². The molecule has 0 saturated carbocycles. The monoisotopic (exact) mass is 269 g/mol. The Morgan fingerprint density at radius 3 is 1.15 bits per heavy atom. The van der Waals surface area contributed by atoms with Gasteiger partial charge in [-0.2, -0.15) is 0 Å². The van der Waals surface area contributed by atoms with E-state index < -0.39 is 7.80 Å². The summed E-state index contributed by atoms with van der Waals surface area (Å²) in [6, 6.07) is 0. The minimum Gasteiger partial charge on any atom is -0.0925 e. The van der Waals surface area contributed by atoms with E-state index in [-0.39, 0.29) is 0 Å². The second kappa shape index (κ2) is 13.6. The Morgan fingerprint density at radius 1 is 0.550 bits per heavy atom. The first-order chi connectivity index (χ1) is 9.77. The fourth-order valence-corrected chi connectivity index (χ4v) is 0.758. The highest BCUT2D eigenvalue weighted by Gasteiger charge is 1.93. The van der Waals surface area contributed by atoms with Gasteiger partial charge >= 0.3 is 7.80 Å². The van der Waals surface area contributed by atoms with Gasteiger partial charge in [-0.05, 0) is 48.4 Å². The van der Waals surface area contributed by atoms with Crippen molar-refractivity contribution in [2.45, 2.75) is 6.92 Å². The van der Waals surface area contributed by atoms with E-state index in [9.17, 15) is 4.57 Å². The van der Waals surface area contributed by atoms with Gasteiger partial charge in [-0.15, -0.1) is 0 Å². The average molecular weight is 269 g/mol. The number of rotatable bonds is 0. The Kier molecular flexibility index (Phi) is 11.3. The molecule has 0 spiro atoms. The lowest BCUT2D eigenvalue weighted by atomic mass is 10.5. The van der Waals surface area contributed by atoms with Crippen LogP contribution in [0.4, 0.5) is 0 Å². The standard InChI is InChI=1S/C18H6OP/c1-3-4-5-6-7-8-9-10-11-12-13-14-15-16-17-18-20(2)19/h1-2H3/q+1. The van der Waals surface area contributed by atoms with Crippen LogP contribution in [0.3, 0.4) is 0 Å². The van der Waals surface area contributed by atoms with Crippen molar-refractivity contribution in [3.05, 3.63) is 0 Å². The molecule has 0 aromatic rings. The summed E-state index contributed by atoms with van der Waals surface area (Å²) in [5.41, 5.74) is 2.41. The predicted octanol–water partition coefficient (Wildman–Crippen LogP) is 1.45. The van der Waals surface area contributed by atoms with E-state index >= 15 is 0 Å². The smallest absolute Gasteiger partial charge is 0.0925 e. The van der Waals surface area contributed by atoms with Gasteiger partial charge in [-0.3, -0.25) is 0 Å². The molecule has 0 amide bonds. The maximum absolute atomic E-state index is 10.6. The van der Waals surface area contributed by atoms with Crippen LogP contribution in [-0.2, 0) is 4.57 Å². The predicted molar refractivity (Wildman–Crippen MR) is 81.4 cm³/mol. The minimum atomic E-state index is -1.48. The molecule has 0 radical (unpaired) electrons. The number of hydrogen-bond donors (Lipinski definition) is 0. The van der Waals surface area contributed by atoms with Crippen LogP contribution in [0.1, 0.15) is 6.92 Å². The van der Waals surface area contributed by atoms with Crippen LogP contribution in [0.5, 0.6) is 0 Å². The topological polar surface area (TPSA) is 17.1 Å². The first-order valence-corrected chi connectivity index (χ1v) is 6.81. The van der Waals surface area contributed by atoms with Crippen molar-refractivity contribution in [1.29, 1.82) is 0 Å². The molecule has 0 fully saturated rings. The third-order valence-electron chi connectivity index (χ3n) is 1.15. The molecular weight excluding hydrogens is 263 g/mol. The van der Waals surface area contributed by atoms with E-state index in [2.05, 4.69) is 94.5 Å². The summed E-state index contributed by atoms with van der Waals surface area (Å²) < 4.78 is 10.6. The normalized spacial score (nSPS) is 5.40. The third kappa shape index (κ3) is 14.6. The summed E-state index contributed by atoms with van der Waals surface area (Å²) in [5.74, 6) is 37.4.